The molecule has 6 heteroatoms. The Morgan fingerprint density at radius 1 is 1.42 bits per heavy atom. The summed E-state index contributed by atoms with van der Waals surface area (Å²) in [4.78, 5) is 10.3. The fraction of sp³-hybridized carbons (Fsp3) is 0.308. The predicted octanol–water partition coefficient (Wildman–Crippen LogP) is 2.81. The molecule has 1 atom stereocenters. The molecule has 0 aliphatic heterocycles. The molecule has 0 aliphatic rings. The van der Waals surface area contributed by atoms with E-state index in [-0.39, 0.29) is 11.7 Å². The Bertz CT molecular complexity index is 569. The lowest BCUT2D eigenvalue weighted by Crippen LogP contribution is -2.11. The fourth-order valence-corrected chi connectivity index (χ4v) is 2.33. The Hall–Kier alpha value is -1.82. The summed E-state index contributed by atoms with van der Waals surface area (Å²) in [5, 5.41) is 14.8. The highest BCUT2D eigenvalue weighted by molar-refractivity contribution is 7.80. The van der Waals surface area contributed by atoms with Crippen LogP contribution in [0.5, 0.6) is 0 Å². The van der Waals surface area contributed by atoms with E-state index in [4.69, 9.17) is 0 Å². The molecule has 1 unspecified atom stereocenters. The molecule has 0 aliphatic carbocycles. The van der Waals surface area contributed by atoms with Crippen molar-refractivity contribution in [2.24, 2.45) is 0 Å². The lowest BCUT2D eigenvalue weighted by molar-refractivity contribution is -0.390. The van der Waals surface area contributed by atoms with Crippen molar-refractivity contribution in [2.45, 2.75) is 19.4 Å². The second-order valence-corrected chi connectivity index (χ2v) is 4.77. The minimum Gasteiger partial charge on any atom is -0.358 e. The van der Waals surface area contributed by atoms with Gasteiger partial charge in [-0.1, -0.05) is 30.3 Å². The quantitative estimate of drug-likeness (QED) is 0.519. The van der Waals surface area contributed by atoms with Gasteiger partial charge in [0.1, 0.15) is 0 Å². The lowest BCUT2D eigenvalue weighted by Gasteiger charge is -2.12. The molecule has 2 aromatic rings. The third-order valence-corrected chi connectivity index (χ3v) is 3.43. The first kappa shape index (κ1) is 13.6. The van der Waals surface area contributed by atoms with Gasteiger partial charge in [0.2, 0.25) is 0 Å². The lowest BCUT2D eigenvalue weighted by atomic mass is 10.0. The molecule has 0 amide bonds. The summed E-state index contributed by atoms with van der Waals surface area (Å²) in [5.74, 6) is 0.769. The van der Waals surface area contributed by atoms with Crippen molar-refractivity contribution in [3.05, 3.63) is 57.8 Å². The average Bonchev–Trinajstić information content (AvgIpc) is 2.78. The van der Waals surface area contributed by atoms with E-state index < -0.39 is 4.92 Å². The summed E-state index contributed by atoms with van der Waals surface area (Å²) in [6.07, 6.45) is 1.71. The maximum atomic E-state index is 10.8. The van der Waals surface area contributed by atoms with Crippen molar-refractivity contribution in [2.75, 3.05) is 5.75 Å². The first-order valence-electron chi connectivity index (χ1n) is 5.96. The molecule has 2 rings (SSSR count). The number of nitro groups is 1. The van der Waals surface area contributed by atoms with Crippen molar-refractivity contribution in [3.63, 3.8) is 0 Å². The fourth-order valence-electron chi connectivity index (χ4n) is 2.00. The Balaban J connectivity index is 2.19. The molecule has 1 aromatic heterocycles. The van der Waals surface area contributed by atoms with E-state index in [1.807, 2.05) is 30.3 Å². The highest BCUT2D eigenvalue weighted by Crippen LogP contribution is 2.21. The van der Waals surface area contributed by atoms with Gasteiger partial charge in [0.15, 0.2) is 0 Å². The number of rotatable bonds is 5. The molecule has 1 heterocycles. The maximum absolute atomic E-state index is 10.8. The molecule has 0 N–H and O–H groups in total. The van der Waals surface area contributed by atoms with Crippen molar-refractivity contribution in [1.29, 1.82) is 0 Å². The van der Waals surface area contributed by atoms with E-state index in [0.717, 1.165) is 5.56 Å². The summed E-state index contributed by atoms with van der Waals surface area (Å²) in [7, 11) is 0. The number of benzene rings is 1. The summed E-state index contributed by atoms with van der Waals surface area (Å²) in [5.41, 5.74) is 1.74. The zero-order valence-electron chi connectivity index (χ0n) is 10.6. The minimum absolute atomic E-state index is 0.0778. The highest BCUT2D eigenvalue weighted by atomic mass is 32.1. The summed E-state index contributed by atoms with van der Waals surface area (Å²) in [6, 6.07) is 9.98. The van der Waals surface area contributed by atoms with E-state index in [9.17, 15) is 10.1 Å². The molecule has 0 spiro atoms. The smallest absolute Gasteiger partial charge is 0.358 e. The van der Waals surface area contributed by atoms with Gasteiger partial charge in [-0.2, -0.15) is 17.3 Å². The first-order valence-corrected chi connectivity index (χ1v) is 6.59. The monoisotopic (exact) mass is 277 g/mol. The predicted molar refractivity (Wildman–Crippen MR) is 76.7 cm³/mol. The van der Waals surface area contributed by atoms with Gasteiger partial charge in [-0.25, -0.2) is 0 Å². The molecule has 5 nitrogen and oxygen atoms in total. The van der Waals surface area contributed by atoms with Crippen molar-refractivity contribution >= 4 is 18.4 Å². The number of hydrogen-bond acceptors (Lipinski definition) is 4. The van der Waals surface area contributed by atoms with Crippen LogP contribution in [0.3, 0.4) is 0 Å². The number of nitrogens with zero attached hydrogens (tertiary/aromatic N) is 3. The van der Waals surface area contributed by atoms with E-state index in [2.05, 4.69) is 17.7 Å². The van der Waals surface area contributed by atoms with Gasteiger partial charge in [0.25, 0.3) is 0 Å². The van der Waals surface area contributed by atoms with Gasteiger partial charge in [0, 0.05) is 5.92 Å². The molecule has 0 radical (unpaired) electrons. The number of aryl methyl sites for hydroxylation is 1. The van der Waals surface area contributed by atoms with Gasteiger partial charge >= 0.3 is 5.82 Å². The van der Waals surface area contributed by atoms with E-state index >= 15 is 0 Å². The van der Waals surface area contributed by atoms with Crippen LogP contribution < -0.4 is 0 Å². The summed E-state index contributed by atoms with van der Waals surface area (Å²) in [6.45, 7) is 2.28. The van der Waals surface area contributed by atoms with E-state index in [1.54, 1.807) is 17.8 Å². The van der Waals surface area contributed by atoms with Crippen LogP contribution in [0.25, 0.3) is 0 Å². The molecule has 0 fully saturated rings. The van der Waals surface area contributed by atoms with Gasteiger partial charge in [-0.05, 0) is 23.2 Å². The largest absolute Gasteiger partial charge is 0.392 e. The Morgan fingerprint density at radius 2 is 2.11 bits per heavy atom. The number of thiol groups is 1. The van der Waals surface area contributed by atoms with Crippen LogP contribution >= 0.6 is 12.6 Å². The molecular weight excluding hydrogens is 262 g/mol. The normalized spacial score (nSPS) is 12.3. The van der Waals surface area contributed by atoms with Gasteiger partial charge in [0.05, 0.1) is 23.4 Å². The number of hydrogen-bond donors (Lipinski definition) is 1. The van der Waals surface area contributed by atoms with E-state index in [0.29, 0.717) is 17.9 Å². The van der Waals surface area contributed by atoms with Crippen LogP contribution in [0.2, 0.25) is 0 Å². The van der Waals surface area contributed by atoms with E-state index in [1.165, 1.54) is 0 Å². The van der Waals surface area contributed by atoms with Crippen LogP contribution in [0, 0.1) is 17.0 Å². The van der Waals surface area contributed by atoms with Gasteiger partial charge in [-0.3, -0.25) is 0 Å². The van der Waals surface area contributed by atoms with Crippen molar-refractivity contribution in [1.82, 2.24) is 9.78 Å². The molecule has 1 aromatic carbocycles. The third-order valence-electron chi connectivity index (χ3n) is 2.99. The van der Waals surface area contributed by atoms with Gasteiger partial charge in [-0.15, -0.1) is 0 Å². The second-order valence-electron chi connectivity index (χ2n) is 4.41. The SMILES string of the molecule is Cc1cn(CC(CS)c2ccccc2)nc1[N+](=O)[O-]. The van der Waals surface area contributed by atoms with Crippen molar-refractivity contribution in [3.8, 4) is 0 Å². The molecule has 19 heavy (non-hydrogen) atoms. The second kappa shape index (κ2) is 5.88. The standard InChI is InChI=1S/C13H15N3O2S/c1-10-7-15(14-13(10)16(17)18)8-12(9-19)11-5-3-2-4-6-11/h2-7,12,19H,8-9H2,1H3. The molecule has 0 bridgehead atoms. The minimum atomic E-state index is -0.454. The highest BCUT2D eigenvalue weighted by Gasteiger charge is 2.19. The first-order chi connectivity index (χ1) is 9.11. The van der Waals surface area contributed by atoms with Crippen LogP contribution in [-0.2, 0) is 6.54 Å². The third kappa shape index (κ3) is 3.14. The average molecular weight is 277 g/mol. The molecular formula is C13H15N3O2S. The molecule has 0 saturated carbocycles. The van der Waals surface area contributed by atoms with Crippen LogP contribution in [0.15, 0.2) is 36.5 Å². The zero-order chi connectivity index (χ0) is 13.8. The summed E-state index contributed by atoms with van der Waals surface area (Å²) < 4.78 is 1.63. The van der Waals surface area contributed by atoms with Crippen LogP contribution in [-0.4, -0.2) is 20.5 Å². The van der Waals surface area contributed by atoms with Crippen molar-refractivity contribution < 1.29 is 4.92 Å². The molecule has 0 saturated heterocycles. The van der Waals surface area contributed by atoms with Crippen LogP contribution in [0.4, 0.5) is 5.82 Å². The maximum Gasteiger partial charge on any atom is 0.392 e. The zero-order valence-corrected chi connectivity index (χ0v) is 11.5. The summed E-state index contributed by atoms with van der Waals surface area (Å²) >= 11 is 4.36. The Kier molecular flexibility index (Phi) is 4.21. The topological polar surface area (TPSA) is 61.0 Å². The Morgan fingerprint density at radius 3 is 2.63 bits per heavy atom. The van der Waals surface area contributed by atoms with Crippen LogP contribution in [0.1, 0.15) is 17.0 Å². The number of aromatic nitrogens is 2. The molecule has 100 valence electrons. The van der Waals surface area contributed by atoms with Gasteiger partial charge < -0.3 is 10.1 Å². The Labute approximate surface area is 116 Å².